The maximum Gasteiger partial charge on any atom is 0.410 e. The Hall–Kier alpha value is -3.35. The largest absolute Gasteiger partial charge is 0.456 e. The number of pyridine rings is 1. The van der Waals surface area contributed by atoms with Crippen molar-refractivity contribution in [3.05, 3.63) is 53.3 Å². The summed E-state index contributed by atoms with van der Waals surface area (Å²) in [5.41, 5.74) is 2.81. The molecule has 0 aliphatic carbocycles. The van der Waals surface area contributed by atoms with E-state index in [4.69, 9.17) is 14.2 Å². The predicted octanol–water partition coefficient (Wildman–Crippen LogP) is 6.31. The van der Waals surface area contributed by atoms with Crippen LogP contribution in [0.2, 0.25) is 25.7 Å². The quantitative estimate of drug-likeness (QED) is 0.268. The SMILES string of the molecule is CC(C)(C)OC(=O)N1CCc2ccc(Oc3ccnc4c3c(C#N)cn4COCC[Si](C)(C)C)cc2C1. The van der Waals surface area contributed by atoms with E-state index >= 15 is 0 Å². The Morgan fingerprint density at radius 1 is 1.19 bits per heavy atom. The molecule has 4 rings (SSSR count). The summed E-state index contributed by atoms with van der Waals surface area (Å²) in [6.45, 7) is 14.6. The van der Waals surface area contributed by atoms with Gasteiger partial charge in [-0.3, -0.25) is 0 Å². The highest BCUT2D eigenvalue weighted by molar-refractivity contribution is 6.76. The lowest BCUT2D eigenvalue weighted by molar-refractivity contribution is 0.0224. The number of amides is 1. The molecule has 0 N–H and O–H groups in total. The van der Waals surface area contributed by atoms with Gasteiger partial charge < -0.3 is 23.7 Å². The van der Waals surface area contributed by atoms with Crippen molar-refractivity contribution in [1.29, 1.82) is 5.26 Å². The van der Waals surface area contributed by atoms with Crippen molar-refractivity contribution in [2.45, 2.75) is 71.8 Å². The molecule has 8 nitrogen and oxygen atoms in total. The third kappa shape index (κ3) is 6.70. The van der Waals surface area contributed by atoms with Crippen molar-refractivity contribution in [3.8, 4) is 17.6 Å². The van der Waals surface area contributed by atoms with Gasteiger partial charge in [0.15, 0.2) is 0 Å². The molecule has 0 bridgehead atoms. The smallest absolute Gasteiger partial charge is 0.410 e. The Kier molecular flexibility index (Phi) is 7.62. The van der Waals surface area contributed by atoms with Crippen LogP contribution in [-0.4, -0.2) is 47.4 Å². The molecule has 3 aromatic rings. The molecule has 9 heteroatoms. The van der Waals surface area contributed by atoms with E-state index in [1.807, 2.05) is 43.5 Å². The normalized spacial score (nSPS) is 13.8. The Bertz CT molecular complexity index is 1330. The van der Waals surface area contributed by atoms with Crippen LogP contribution in [0, 0.1) is 11.3 Å². The summed E-state index contributed by atoms with van der Waals surface area (Å²) in [6, 6.07) is 11.0. The first-order valence-corrected chi connectivity index (χ1v) is 16.4. The third-order valence-corrected chi connectivity index (χ3v) is 7.84. The van der Waals surface area contributed by atoms with Crippen LogP contribution in [0.5, 0.6) is 11.5 Å². The van der Waals surface area contributed by atoms with Gasteiger partial charge in [0.1, 0.15) is 35.5 Å². The average Bonchev–Trinajstić information content (AvgIpc) is 3.18. The summed E-state index contributed by atoms with van der Waals surface area (Å²) >= 11 is 0. The number of fused-ring (bicyclic) bond motifs is 2. The van der Waals surface area contributed by atoms with E-state index in [9.17, 15) is 10.1 Å². The maximum absolute atomic E-state index is 12.6. The number of carbonyl (C=O) groups is 1. The van der Waals surface area contributed by atoms with Gasteiger partial charge in [0.05, 0.1) is 10.9 Å². The zero-order chi connectivity index (χ0) is 26.8. The lowest BCUT2D eigenvalue weighted by Crippen LogP contribution is -2.39. The molecular formula is C28H36N4O4Si. The molecule has 0 fully saturated rings. The Balaban J connectivity index is 1.54. The number of nitrogens with zero attached hydrogens (tertiary/aromatic N) is 4. The van der Waals surface area contributed by atoms with Crippen LogP contribution in [0.1, 0.15) is 37.5 Å². The fourth-order valence-corrected chi connectivity index (χ4v) is 4.96. The van der Waals surface area contributed by atoms with Gasteiger partial charge in [-0.25, -0.2) is 9.78 Å². The van der Waals surface area contributed by atoms with Crippen LogP contribution in [-0.2, 0) is 29.2 Å². The Morgan fingerprint density at radius 2 is 1.97 bits per heavy atom. The van der Waals surface area contributed by atoms with Crippen LogP contribution in [0.3, 0.4) is 0 Å². The molecule has 1 amide bonds. The zero-order valence-electron chi connectivity index (χ0n) is 22.6. The highest BCUT2D eigenvalue weighted by Gasteiger charge is 2.26. The third-order valence-electron chi connectivity index (χ3n) is 6.14. The standard InChI is InChI=1S/C28H36N4O4Si/c1-28(2,3)36-27(33)31-12-10-20-7-8-23(15-21(20)17-31)35-24-9-11-30-26-25(24)22(16-29)18-32(26)19-34-13-14-37(4,5)6/h7-9,11,15,18H,10,12-14,17,19H2,1-6H3. The van der Waals surface area contributed by atoms with Gasteiger partial charge in [-0.15, -0.1) is 0 Å². The molecule has 0 atom stereocenters. The van der Waals surface area contributed by atoms with Crippen molar-refractivity contribution in [2.24, 2.45) is 0 Å². The minimum Gasteiger partial charge on any atom is -0.456 e. The van der Waals surface area contributed by atoms with E-state index in [0.29, 0.717) is 54.5 Å². The van der Waals surface area contributed by atoms with Crippen molar-refractivity contribution in [2.75, 3.05) is 13.2 Å². The Morgan fingerprint density at radius 3 is 2.68 bits per heavy atom. The lowest BCUT2D eigenvalue weighted by atomic mass is 10.00. The molecule has 0 saturated carbocycles. The molecule has 1 aliphatic rings. The number of nitriles is 1. The molecule has 0 spiro atoms. The second-order valence-corrected chi connectivity index (χ2v) is 17.3. The van der Waals surface area contributed by atoms with Crippen LogP contribution < -0.4 is 4.74 Å². The Labute approximate surface area is 219 Å². The molecule has 3 heterocycles. The van der Waals surface area contributed by atoms with Crippen LogP contribution in [0.15, 0.2) is 36.7 Å². The van der Waals surface area contributed by atoms with E-state index in [1.165, 1.54) is 5.56 Å². The first kappa shape index (κ1) is 26.7. The minimum absolute atomic E-state index is 0.313. The van der Waals surface area contributed by atoms with Gasteiger partial charge in [-0.2, -0.15) is 5.26 Å². The number of hydrogen-bond acceptors (Lipinski definition) is 6. The first-order valence-electron chi connectivity index (χ1n) is 12.7. The molecule has 196 valence electrons. The molecular weight excluding hydrogens is 484 g/mol. The highest BCUT2D eigenvalue weighted by atomic mass is 28.3. The van der Waals surface area contributed by atoms with E-state index in [2.05, 4.69) is 30.7 Å². The topological polar surface area (TPSA) is 89.6 Å². The molecule has 0 saturated heterocycles. The van der Waals surface area contributed by atoms with Crippen molar-refractivity contribution in [1.82, 2.24) is 14.5 Å². The predicted molar refractivity (Wildman–Crippen MR) is 145 cm³/mol. The molecule has 2 aromatic heterocycles. The summed E-state index contributed by atoms with van der Waals surface area (Å²) in [5.74, 6) is 1.20. The van der Waals surface area contributed by atoms with Crippen molar-refractivity contribution >= 4 is 25.2 Å². The van der Waals surface area contributed by atoms with Crippen LogP contribution in [0.4, 0.5) is 4.79 Å². The number of aromatic nitrogens is 2. The van der Waals surface area contributed by atoms with E-state index < -0.39 is 13.7 Å². The van der Waals surface area contributed by atoms with Crippen molar-refractivity contribution < 1.29 is 19.0 Å². The van der Waals surface area contributed by atoms with Gasteiger partial charge in [0, 0.05) is 40.2 Å². The molecule has 37 heavy (non-hydrogen) atoms. The first-order chi connectivity index (χ1) is 17.4. The van der Waals surface area contributed by atoms with Gasteiger partial charge in [0.2, 0.25) is 0 Å². The number of benzene rings is 1. The second kappa shape index (κ2) is 10.6. The number of carbonyl (C=O) groups excluding carboxylic acids is 1. The van der Waals surface area contributed by atoms with Gasteiger partial charge in [-0.05, 0) is 62.6 Å². The van der Waals surface area contributed by atoms with Gasteiger partial charge in [-0.1, -0.05) is 25.7 Å². The minimum atomic E-state index is -1.19. The number of hydrogen-bond donors (Lipinski definition) is 0. The van der Waals surface area contributed by atoms with E-state index in [0.717, 1.165) is 18.0 Å². The monoisotopic (exact) mass is 520 g/mol. The van der Waals surface area contributed by atoms with Gasteiger partial charge >= 0.3 is 6.09 Å². The summed E-state index contributed by atoms with van der Waals surface area (Å²) in [6.07, 6.45) is 3.89. The van der Waals surface area contributed by atoms with Crippen molar-refractivity contribution in [3.63, 3.8) is 0 Å². The lowest BCUT2D eigenvalue weighted by Gasteiger charge is -2.31. The average molecular weight is 521 g/mol. The second-order valence-electron chi connectivity index (χ2n) is 11.7. The zero-order valence-corrected chi connectivity index (χ0v) is 23.6. The van der Waals surface area contributed by atoms with Gasteiger partial charge in [0.25, 0.3) is 0 Å². The number of ether oxygens (including phenoxy) is 3. The molecule has 0 radical (unpaired) electrons. The summed E-state index contributed by atoms with van der Waals surface area (Å²) < 4.78 is 19.6. The fraction of sp³-hybridized carbons (Fsp3) is 0.464. The molecule has 1 aromatic carbocycles. The van der Waals surface area contributed by atoms with E-state index in [1.54, 1.807) is 23.4 Å². The summed E-state index contributed by atoms with van der Waals surface area (Å²) in [7, 11) is -1.19. The highest BCUT2D eigenvalue weighted by Crippen LogP contribution is 2.34. The van der Waals surface area contributed by atoms with Crippen LogP contribution >= 0.6 is 0 Å². The summed E-state index contributed by atoms with van der Waals surface area (Å²) in [4.78, 5) is 18.8. The van der Waals surface area contributed by atoms with Crippen LogP contribution in [0.25, 0.3) is 11.0 Å². The maximum atomic E-state index is 12.6. The van der Waals surface area contributed by atoms with E-state index in [-0.39, 0.29) is 6.09 Å². The number of rotatable bonds is 7. The summed E-state index contributed by atoms with van der Waals surface area (Å²) in [5, 5.41) is 10.5. The fourth-order valence-electron chi connectivity index (χ4n) is 4.20. The molecule has 0 unspecified atom stereocenters. The molecule has 1 aliphatic heterocycles.